The van der Waals surface area contributed by atoms with Crippen molar-refractivity contribution in [2.45, 2.75) is 63.5 Å². The fourth-order valence-corrected chi connectivity index (χ4v) is 2.85. The van der Waals surface area contributed by atoms with Crippen molar-refractivity contribution < 1.29 is 14.3 Å². The van der Waals surface area contributed by atoms with Gasteiger partial charge in [-0.3, -0.25) is 10.1 Å². The number of nitrogens with one attached hydrogen (secondary N) is 2. The van der Waals surface area contributed by atoms with E-state index in [-0.39, 0.29) is 18.0 Å². The van der Waals surface area contributed by atoms with E-state index in [4.69, 9.17) is 4.74 Å². The van der Waals surface area contributed by atoms with Gasteiger partial charge in [0.1, 0.15) is 5.54 Å². The Labute approximate surface area is 108 Å². The van der Waals surface area contributed by atoms with E-state index in [0.717, 1.165) is 38.5 Å². The molecule has 0 aromatic carbocycles. The van der Waals surface area contributed by atoms with E-state index >= 15 is 0 Å². The number of hydrogen-bond acceptors (Lipinski definition) is 3. The van der Waals surface area contributed by atoms with Crippen LogP contribution in [0.25, 0.3) is 0 Å². The largest absolute Gasteiger partial charge is 0.375 e. The standard InChI is InChI=1S/C13H22N2O3/c1-2-3-5-8-13(10-7-4-6-9-18-10)11(16)14-12(17)15-13/h10H,2-9H2,1H3,(H2,14,15,16,17)/t10-,13+/m1/s1. The first kappa shape index (κ1) is 13.3. The van der Waals surface area contributed by atoms with Crippen LogP contribution in [0, 0.1) is 0 Å². The summed E-state index contributed by atoms with van der Waals surface area (Å²) in [6.45, 7) is 2.81. The zero-order valence-corrected chi connectivity index (χ0v) is 11.0. The Balaban J connectivity index is 2.10. The zero-order chi connectivity index (χ0) is 13.0. The van der Waals surface area contributed by atoms with Gasteiger partial charge >= 0.3 is 6.03 Å². The van der Waals surface area contributed by atoms with Gasteiger partial charge in [0.15, 0.2) is 0 Å². The van der Waals surface area contributed by atoms with Crippen molar-refractivity contribution >= 4 is 11.9 Å². The lowest BCUT2D eigenvalue weighted by Crippen LogP contribution is -2.58. The summed E-state index contributed by atoms with van der Waals surface area (Å²) in [5.74, 6) is -0.212. The summed E-state index contributed by atoms with van der Waals surface area (Å²) in [4.78, 5) is 23.6. The molecule has 18 heavy (non-hydrogen) atoms. The molecule has 0 unspecified atom stereocenters. The number of imide groups is 1. The Morgan fingerprint density at radius 1 is 1.33 bits per heavy atom. The highest BCUT2D eigenvalue weighted by atomic mass is 16.5. The molecule has 0 radical (unpaired) electrons. The van der Waals surface area contributed by atoms with Crippen LogP contribution in [0.5, 0.6) is 0 Å². The molecule has 2 fully saturated rings. The number of amides is 3. The van der Waals surface area contributed by atoms with Crippen molar-refractivity contribution in [3.63, 3.8) is 0 Å². The number of carbonyl (C=O) groups is 2. The summed E-state index contributed by atoms with van der Waals surface area (Å²) in [5, 5.41) is 5.18. The molecule has 2 heterocycles. The molecule has 2 aliphatic heterocycles. The molecule has 5 nitrogen and oxygen atoms in total. The van der Waals surface area contributed by atoms with Crippen molar-refractivity contribution in [3.8, 4) is 0 Å². The first-order valence-electron chi connectivity index (χ1n) is 6.94. The average Bonchev–Trinajstić information content (AvgIpc) is 2.67. The minimum absolute atomic E-state index is 0.172. The molecule has 0 aromatic rings. The monoisotopic (exact) mass is 254 g/mol. The highest BCUT2D eigenvalue weighted by molar-refractivity contribution is 6.07. The molecular formula is C13H22N2O3. The Morgan fingerprint density at radius 3 is 2.72 bits per heavy atom. The van der Waals surface area contributed by atoms with E-state index in [2.05, 4.69) is 17.6 Å². The number of rotatable bonds is 5. The van der Waals surface area contributed by atoms with Gasteiger partial charge in [-0.25, -0.2) is 4.79 Å². The summed E-state index contributed by atoms with van der Waals surface area (Å²) in [6, 6.07) is -0.384. The Bertz CT molecular complexity index is 326. The van der Waals surface area contributed by atoms with E-state index in [1.54, 1.807) is 0 Å². The molecule has 5 heteroatoms. The van der Waals surface area contributed by atoms with Crippen LogP contribution >= 0.6 is 0 Å². The van der Waals surface area contributed by atoms with Crippen LogP contribution < -0.4 is 10.6 Å². The lowest BCUT2D eigenvalue weighted by molar-refractivity contribution is -0.133. The third-order valence-corrected chi connectivity index (χ3v) is 3.87. The predicted molar refractivity (Wildman–Crippen MR) is 67.1 cm³/mol. The maximum Gasteiger partial charge on any atom is 0.322 e. The molecule has 102 valence electrons. The first-order chi connectivity index (χ1) is 8.69. The van der Waals surface area contributed by atoms with Gasteiger partial charge in [-0.1, -0.05) is 26.2 Å². The van der Waals surface area contributed by atoms with Gasteiger partial charge in [-0.05, 0) is 25.7 Å². The van der Waals surface area contributed by atoms with Crippen molar-refractivity contribution in [1.29, 1.82) is 0 Å². The molecule has 0 saturated carbocycles. The van der Waals surface area contributed by atoms with Gasteiger partial charge in [0.2, 0.25) is 0 Å². The number of hydrogen-bond donors (Lipinski definition) is 2. The van der Waals surface area contributed by atoms with E-state index < -0.39 is 5.54 Å². The highest BCUT2D eigenvalue weighted by Gasteiger charge is 2.52. The van der Waals surface area contributed by atoms with Gasteiger partial charge < -0.3 is 10.1 Å². The molecule has 2 rings (SSSR count). The minimum atomic E-state index is -0.827. The fraction of sp³-hybridized carbons (Fsp3) is 0.846. The van der Waals surface area contributed by atoms with Crippen LogP contribution in [0.4, 0.5) is 4.79 Å². The van der Waals surface area contributed by atoms with Crippen molar-refractivity contribution in [2.24, 2.45) is 0 Å². The zero-order valence-electron chi connectivity index (χ0n) is 11.0. The van der Waals surface area contributed by atoms with Crippen molar-refractivity contribution in [1.82, 2.24) is 10.6 Å². The SMILES string of the molecule is CCCCC[C@@]1([C@H]2CCCCO2)NC(=O)NC1=O. The summed E-state index contributed by atoms with van der Waals surface area (Å²) in [7, 11) is 0. The lowest BCUT2D eigenvalue weighted by Gasteiger charge is -2.37. The maximum absolute atomic E-state index is 12.1. The quantitative estimate of drug-likeness (QED) is 0.580. The van der Waals surface area contributed by atoms with E-state index in [9.17, 15) is 9.59 Å². The van der Waals surface area contributed by atoms with Gasteiger partial charge in [0.05, 0.1) is 6.10 Å². The summed E-state index contributed by atoms with van der Waals surface area (Å²) in [6.07, 6.45) is 6.54. The Hall–Kier alpha value is -1.10. The second kappa shape index (κ2) is 5.69. The molecule has 0 aliphatic carbocycles. The fourth-order valence-electron chi connectivity index (χ4n) is 2.85. The van der Waals surface area contributed by atoms with E-state index in [0.29, 0.717) is 13.0 Å². The number of carbonyl (C=O) groups excluding carboxylic acids is 2. The van der Waals surface area contributed by atoms with Gasteiger partial charge in [-0.15, -0.1) is 0 Å². The second-order valence-corrected chi connectivity index (χ2v) is 5.19. The van der Waals surface area contributed by atoms with Crippen molar-refractivity contribution in [3.05, 3.63) is 0 Å². The summed E-state index contributed by atoms with van der Waals surface area (Å²) in [5.41, 5.74) is -0.827. The molecule has 0 spiro atoms. The molecule has 3 amide bonds. The van der Waals surface area contributed by atoms with Crippen LogP contribution in [0.3, 0.4) is 0 Å². The summed E-state index contributed by atoms with van der Waals surface area (Å²) >= 11 is 0. The van der Waals surface area contributed by atoms with E-state index in [1.807, 2.05) is 0 Å². The average molecular weight is 254 g/mol. The van der Waals surface area contributed by atoms with Crippen molar-refractivity contribution in [2.75, 3.05) is 6.61 Å². The topological polar surface area (TPSA) is 67.4 Å². The number of unbranched alkanes of at least 4 members (excludes halogenated alkanes) is 2. The maximum atomic E-state index is 12.1. The first-order valence-corrected chi connectivity index (χ1v) is 6.94. The van der Waals surface area contributed by atoms with Gasteiger partial charge in [0, 0.05) is 6.61 Å². The Morgan fingerprint density at radius 2 is 2.17 bits per heavy atom. The number of urea groups is 1. The molecule has 2 aliphatic rings. The summed E-state index contributed by atoms with van der Waals surface area (Å²) < 4.78 is 5.74. The third-order valence-electron chi connectivity index (χ3n) is 3.87. The normalized spacial score (nSPS) is 32.2. The van der Waals surface area contributed by atoms with Crippen LogP contribution in [0.2, 0.25) is 0 Å². The smallest absolute Gasteiger partial charge is 0.322 e. The second-order valence-electron chi connectivity index (χ2n) is 5.19. The minimum Gasteiger partial charge on any atom is -0.375 e. The Kier molecular flexibility index (Phi) is 4.22. The lowest BCUT2D eigenvalue weighted by atomic mass is 9.83. The molecule has 2 atom stereocenters. The van der Waals surface area contributed by atoms with Crippen LogP contribution in [-0.4, -0.2) is 30.2 Å². The highest BCUT2D eigenvalue weighted by Crippen LogP contribution is 2.30. The molecule has 0 aromatic heterocycles. The van der Waals surface area contributed by atoms with Gasteiger partial charge in [0.25, 0.3) is 5.91 Å². The molecule has 2 saturated heterocycles. The number of ether oxygens (including phenoxy) is 1. The van der Waals surface area contributed by atoms with E-state index in [1.165, 1.54) is 0 Å². The van der Waals surface area contributed by atoms with Crippen LogP contribution in [0.1, 0.15) is 51.9 Å². The predicted octanol–water partition coefficient (Wildman–Crippen LogP) is 1.71. The third kappa shape index (κ3) is 2.51. The van der Waals surface area contributed by atoms with Gasteiger partial charge in [-0.2, -0.15) is 0 Å². The van der Waals surface area contributed by atoms with Crippen LogP contribution in [0.15, 0.2) is 0 Å². The molecular weight excluding hydrogens is 232 g/mol. The molecule has 0 bridgehead atoms. The molecule has 2 N–H and O–H groups in total. The van der Waals surface area contributed by atoms with Crippen LogP contribution in [-0.2, 0) is 9.53 Å².